The Labute approximate surface area is 135 Å². The van der Waals surface area contributed by atoms with Gasteiger partial charge < -0.3 is 0 Å². The summed E-state index contributed by atoms with van der Waals surface area (Å²) in [4.78, 5) is 27.4. The molecule has 2 saturated heterocycles. The highest BCUT2D eigenvalue weighted by atomic mass is 16.2. The third-order valence-corrected chi connectivity index (χ3v) is 5.31. The van der Waals surface area contributed by atoms with Crippen LogP contribution in [0.15, 0.2) is 60.7 Å². The Morgan fingerprint density at radius 3 is 2.04 bits per heavy atom. The lowest BCUT2D eigenvalue weighted by Gasteiger charge is -2.59. The minimum Gasteiger partial charge on any atom is -0.277 e. The number of hydrogen-bond donors (Lipinski definition) is 0. The maximum atomic E-state index is 13.1. The number of imide groups is 1. The molecule has 0 atom stereocenters. The monoisotopic (exact) mass is 305 g/mol. The van der Waals surface area contributed by atoms with Gasteiger partial charge in [-0.05, 0) is 24.0 Å². The Kier molecular flexibility index (Phi) is 2.95. The van der Waals surface area contributed by atoms with Crippen LogP contribution in [-0.2, 0) is 21.5 Å². The fraction of sp³-hybridized carbons (Fsp3) is 0.300. The van der Waals surface area contributed by atoms with E-state index >= 15 is 0 Å². The van der Waals surface area contributed by atoms with Gasteiger partial charge in [-0.3, -0.25) is 14.5 Å². The van der Waals surface area contributed by atoms with E-state index in [0.29, 0.717) is 19.4 Å². The molecule has 2 heterocycles. The Morgan fingerprint density at radius 1 is 0.870 bits per heavy atom. The number of fused-ring (bicyclic) bond motifs is 2. The molecule has 3 fully saturated rings. The fourth-order valence-corrected chi connectivity index (χ4v) is 4.25. The van der Waals surface area contributed by atoms with E-state index in [2.05, 4.69) is 0 Å². The average molecular weight is 305 g/mol. The molecule has 0 spiro atoms. The first-order valence-corrected chi connectivity index (χ1v) is 8.01. The van der Waals surface area contributed by atoms with Gasteiger partial charge in [0.25, 0.3) is 0 Å². The van der Waals surface area contributed by atoms with Crippen LogP contribution in [0.5, 0.6) is 0 Å². The van der Waals surface area contributed by atoms with Gasteiger partial charge in [-0.25, -0.2) is 0 Å². The van der Waals surface area contributed by atoms with Gasteiger partial charge in [-0.1, -0.05) is 67.6 Å². The van der Waals surface area contributed by atoms with E-state index in [4.69, 9.17) is 0 Å². The van der Waals surface area contributed by atoms with E-state index < -0.39 is 10.8 Å². The first-order chi connectivity index (χ1) is 11.1. The molecule has 1 aliphatic carbocycles. The van der Waals surface area contributed by atoms with Gasteiger partial charge in [-0.15, -0.1) is 0 Å². The van der Waals surface area contributed by atoms with E-state index in [1.165, 1.54) is 4.90 Å². The van der Waals surface area contributed by atoms with E-state index in [1.54, 1.807) is 0 Å². The summed E-state index contributed by atoms with van der Waals surface area (Å²) in [5.74, 6) is -0.0644. The molecule has 3 nitrogen and oxygen atoms in total. The quantitative estimate of drug-likeness (QED) is 0.816. The molecule has 116 valence electrons. The van der Waals surface area contributed by atoms with Crippen molar-refractivity contribution in [2.75, 3.05) is 0 Å². The van der Waals surface area contributed by atoms with Crippen molar-refractivity contribution in [2.24, 2.45) is 5.41 Å². The maximum absolute atomic E-state index is 13.1. The number of benzene rings is 2. The SMILES string of the molecule is CC12CC(c3ccccc3)(C1)C(=O)N(Cc1ccccc1)C2=O. The molecule has 0 radical (unpaired) electrons. The van der Waals surface area contributed by atoms with E-state index in [0.717, 1.165) is 11.1 Å². The van der Waals surface area contributed by atoms with Crippen LogP contribution in [0.1, 0.15) is 30.9 Å². The molecule has 2 aromatic rings. The van der Waals surface area contributed by atoms with Crippen LogP contribution in [-0.4, -0.2) is 16.7 Å². The molecule has 5 rings (SSSR count). The number of amides is 2. The normalized spacial score (nSPS) is 29.3. The van der Waals surface area contributed by atoms with E-state index in [1.807, 2.05) is 67.6 Å². The third kappa shape index (κ3) is 1.96. The minimum absolute atomic E-state index is 0.0239. The van der Waals surface area contributed by atoms with Crippen molar-refractivity contribution in [1.29, 1.82) is 0 Å². The maximum Gasteiger partial charge on any atom is 0.240 e. The van der Waals surface area contributed by atoms with Crippen molar-refractivity contribution in [2.45, 2.75) is 31.7 Å². The lowest BCUT2D eigenvalue weighted by Crippen LogP contribution is -2.70. The van der Waals surface area contributed by atoms with Crippen molar-refractivity contribution in [3.8, 4) is 0 Å². The molecule has 2 amide bonds. The lowest BCUT2D eigenvalue weighted by atomic mass is 9.47. The second-order valence-electron chi connectivity index (χ2n) is 7.04. The zero-order valence-corrected chi connectivity index (χ0v) is 13.2. The molecule has 0 unspecified atom stereocenters. The standard InChI is InChI=1S/C20H19NO2/c1-19-13-20(14-19,16-10-6-3-7-11-16)18(23)21(17(19)22)12-15-8-4-2-5-9-15/h2-11H,12-14H2,1H3. The first-order valence-electron chi connectivity index (χ1n) is 8.01. The van der Waals surface area contributed by atoms with Crippen molar-refractivity contribution >= 4 is 11.8 Å². The summed E-state index contributed by atoms with van der Waals surface area (Å²) in [6.45, 7) is 2.35. The molecule has 3 heteroatoms. The fourth-order valence-electron chi connectivity index (χ4n) is 4.25. The molecule has 1 saturated carbocycles. The molecule has 0 aromatic heterocycles. The van der Waals surface area contributed by atoms with Crippen molar-refractivity contribution < 1.29 is 9.59 Å². The van der Waals surface area contributed by atoms with Crippen molar-refractivity contribution in [3.05, 3.63) is 71.8 Å². The van der Waals surface area contributed by atoms with Gasteiger partial charge in [0.2, 0.25) is 11.8 Å². The molecule has 3 aliphatic rings. The van der Waals surface area contributed by atoms with Gasteiger partial charge in [0.1, 0.15) is 0 Å². The van der Waals surface area contributed by atoms with Gasteiger partial charge >= 0.3 is 0 Å². The molecule has 23 heavy (non-hydrogen) atoms. The third-order valence-electron chi connectivity index (χ3n) is 5.31. The van der Waals surface area contributed by atoms with Crippen molar-refractivity contribution in [3.63, 3.8) is 0 Å². The summed E-state index contributed by atoms with van der Waals surface area (Å²) in [6.07, 6.45) is 1.26. The molecule has 0 N–H and O–H groups in total. The summed E-state index contributed by atoms with van der Waals surface area (Å²) >= 11 is 0. The predicted molar refractivity (Wildman–Crippen MR) is 87.5 cm³/mol. The Bertz CT molecular complexity index is 761. The van der Waals surface area contributed by atoms with Crippen LogP contribution < -0.4 is 0 Å². The number of nitrogens with zero attached hydrogens (tertiary/aromatic N) is 1. The number of hydrogen-bond acceptors (Lipinski definition) is 2. The van der Waals surface area contributed by atoms with Crippen molar-refractivity contribution in [1.82, 2.24) is 4.90 Å². The summed E-state index contributed by atoms with van der Waals surface area (Å²) in [6, 6.07) is 19.6. The Hall–Kier alpha value is -2.42. The highest BCUT2D eigenvalue weighted by Gasteiger charge is 2.67. The first kappa shape index (κ1) is 14.2. The lowest BCUT2D eigenvalue weighted by molar-refractivity contribution is -0.180. The second-order valence-corrected chi connectivity index (χ2v) is 7.04. The topological polar surface area (TPSA) is 37.4 Å². The smallest absolute Gasteiger partial charge is 0.240 e. The van der Waals surface area contributed by atoms with Gasteiger partial charge in [0, 0.05) is 5.41 Å². The summed E-state index contributed by atoms with van der Waals surface area (Å²) in [5.41, 5.74) is 1.10. The molecule has 2 aliphatic heterocycles. The molecule has 2 aromatic carbocycles. The zero-order chi connectivity index (χ0) is 16.1. The second kappa shape index (κ2) is 4.79. The van der Waals surface area contributed by atoms with Crippen LogP contribution in [0.3, 0.4) is 0 Å². The highest BCUT2D eigenvalue weighted by molar-refractivity contribution is 6.09. The highest BCUT2D eigenvalue weighted by Crippen LogP contribution is 2.60. The minimum atomic E-state index is -0.515. The number of rotatable bonds is 3. The van der Waals surface area contributed by atoms with Crippen LogP contribution in [0.2, 0.25) is 0 Å². The molecular weight excluding hydrogens is 286 g/mol. The van der Waals surface area contributed by atoms with Crippen LogP contribution in [0, 0.1) is 5.41 Å². The number of piperidine rings is 2. The van der Waals surface area contributed by atoms with Crippen LogP contribution in [0.4, 0.5) is 0 Å². The Balaban J connectivity index is 1.71. The number of carbonyl (C=O) groups is 2. The molecular formula is C20H19NO2. The van der Waals surface area contributed by atoms with Gasteiger partial charge in [0.05, 0.1) is 12.0 Å². The largest absolute Gasteiger partial charge is 0.277 e. The summed E-state index contributed by atoms with van der Waals surface area (Å²) in [5, 5.41) is 0. The van der Waals surface area contributed by atoms with Crippen LogP contribution in [0.25, 0.3) is 0 Å². The zero-order valence-electron chi connectivity index (χ0n) is 13.2. The molecule has 2 bridgehead atoms. The number of carbonyl (C=O) groups excluding carboxylic acids is 2. The van der Waals surface area contributed by atoms with Gasteiger partial charge in [-0.2, -0.15) is 0 Å². The van der Waals surface area contributed by atoms with Crippen LogP contribution >= 0.6 is 0 Å². The van der Waals surface area contributed by atoms with E-state index in [9.17, 15) is 9.59 Å². The summed E-state index contributed by atoms with van der Waals surface area (Å²) < 4.78 is 0. The predicted octanol–water partition coefficient (Wildman–Crippen LogP) is 3.29. The summed E-state index contributed by atoms with van der Waals surface area (Å²) in [7, 11) is 0. The average Bonchev–Trinajstić information content (AvgIpc) is 2.56. The van der Waals surface area contributed by atoms with E-state index in [-0.39, 0.29) is 11.8 Å². The Morgan fingerprint density at radius 2 is 1.43 bits per heavy atom. The van der Waals surface area contributed by atoms with Gasteiger partial charge in [0.15, 0.2) is 0 Å².